The Morgan fingerprint density at radius 1 is 0.875 bits per heavy atom. The quantitative estimate of drug-likeness (QED) is 0.705. The largest absolute Gasteiger partial charge is 0.456 e. The van der Waals surface area contributed by atoms with E-state index in [4.69, 9.17) is 27.9 Å². The van der Waals surface area contributed by atoms with Crippen LogP contribution in [0.15, 0.2) is 46.9 Å². The molecule has 4 heteroatoms. The minimum absolute atomic E-state index is 0.632. The fourth-order valence-electron chi connectivity index (χ4n) is 1.19. The second kappa shape index (κ2) is 5.09. The summed E-state index contributed by atoms with van der Waals surface area (Å²) in [6.07, 6.45) is 0. The standard InChI is InChI=1S/C12H7BrCl2O/c13-11-6-3-9(15)7-12(11)16-10-4-1-8(14)2-5-10/h1-7H. The molecule has 0 aromatic heterocycles. The fourth-order valence-corrected chi connectivity index (χ4v) is 1.80. The number of rotatable bonds is 2. The number of hydrogen-bond acceptors (Lipinski definition) is 1. The van der Waals surface area contributed by atoms with E-state index in [9.17, 15) is 0 Å². The van der Waals surface area contributed by atoms with E-state index in [-0.39, 0.29) is 0 Å². The lowest BCUT2D eigenvalue weighted by atomic mass is 10.3. The molecular formula is C12H7BrCl2O. The van der Waals surface area contributed by atoms with E-state index >= 15 is 0 Å². The Kier molecular flexibility index (Phi) is 3.74. The smallest absolute Gasteiger partial charge is 0.143 e. The molecule has 0 saturated carbocycles. The molecule has 0 bridgehead atoms. The van der Waals surface area contributed by atoms with Crippen molar-refractivity contribution >= 4 is 39.1 Å². The SMILES string of the molecule is Clc1ccc(Oc2cc(Cl)ccc2Br)cc1. The Labute approximate surface area is 112 Å². The molecule has 0 saturated heterocycles. The van der Waals surface area contributed by atoms with Gasteiger partial charge < -0.3 is 4.74 Å². The molecule has 0 unspecified atom stereocenters. The van der Waals surface area contributed by atoms with Gasteiger partial charge in [-0.3, -0.25) is 0 Å². The third kappa shape index (κ3) is 2.91. The average Bonchev–Trinajstić information content (AvgIpc) is 2.27. The highest BCUT2D eigenvalue weighted by Crippen LogP contribution is 2.32. The second-order valence-corrected chi connectivity index (χ2v) is 4.86. The summed E-state index contributed by atoms with van der Waals surface area (Å²) in [7, 11) is 0. The van der Waals surface area contributed by atoms with Gasteiger partial charge in [0, 0.05) is 16.1 Å². The molecule has 0 aliphatic rings. The molecule has 0 radical (unpaired) electrons. The summed E-state index contributed by atoms with van der Waals surface area (Å²) in [6, 6.07) is 12.5. The van der Waals surface area contributed by atoms with Gasteiger partial charge in [-0.05, 0) is 52.3 Å². The molecule has 0 heterocycles. The summed E-state index contributed by atoms with van der Waals surface area (Å²) < 4.78 is 6.51. The van der Waals surface area contributed by atoms with Gasteiger partial charge >= 0.3 is 0 Å². The Bertz CT molecular complexity index is 497. The first-order valence-electron chi connectivity index (χ1n) is 4.53. The highest BCUT2D eigenvalue weighted by molar-refractivity contribution is 9.10. The van der Waals surface area contributed by atoms with E-state index in [2.05, 4.69) is 15.9 Å². The summed E-state index contributed by atoms with van der Waals surface area (Å²) in [5, 5.41) is 1.31. The first-order valence-corrected chi connectivity index (χ1v) is 6.08. The predicted molar refractivity (Wildman–Crippen MR) is 70.7 cm³/mol. The maximum Gasteiger partial charge on any atom is 0.143 e. The number of halogens is 3. The van der Waals surface area contributed by atoms with E-state index < -0.39 is 0 Å². The Hall–Kier alpha value is -0.700. The summed E-state index contributed by atoms with van der Waals surface area (Å²) in [5.74, 6) is 1.39. The van der Waals surface area contributed by atoms with Crippen LogP contribution in [0.5, 0.6) is 11.5 Å². The number of hydrogen-bond donors (Lipinski definition) is 0. The zero-order valence-electron chi connectivity index (χ0n) is 8.08. The first kappa shape index (κ1) is 11.8. The van der Waals surface area contributed by atoms with E-state index in [1.165, 1.54) is 0 Å². The van der Waals surface area contributed by atoms with Crippen LogP contribution in [0, 0.1) is 0 Å². The van der Waals surface area contributed by atoms with Gasteiger partial charge in [-0.1, -0.05) is 23.2 Å². The van der Waals surface area contributed by atoms with Crippen LogP contribution < -0.4 is 4.74 Å². The Morgan fingerprint density at radius 3 is 2.19 bits per heavy atom. The lowest BCUT2D eigenvalue weighted by Gasteiger charge is -2.07. The number of benzene rings is 2. The van der Waals surface area contributed by atoms with Gasteiger partial charge in [0.2, 0.25) is 0 Å². The predicted octanol–water partition coefficient (Wildman–Crippen LogP) is 5.55. The zero-order chi connectivity index (χ0) is 11.5. The summed E-state index contributed by atoms with van der Waals surface area (Å²) in [6.45, 7) is 0. The monoisotopic (exact) mass is 316 g/mol. The van der Waals surface area contributed by atoms with E-state index in [1.54, 1.807) is 36.4 Å². The van der Waals surface area contributed by atoms with Crippen molar-refractivity contribution in [3.63, 3.8) is 0 Å². The molecule has 16 heavy (non-hydrogen) atoms. The van der Waals surface area contributed by atoms with Crippen LogP contribution in [0.1, 0.15) is 0 Å². The molecule has 0 aliphatic heterocycles. The van der Waals surface area contributed by atoms with Crippen molar-refractivity contribution in [3.8, 4) is 11.5 Å². The van der Waals surface area contributed by atoms with Crippen LogP contribution in [-0.2, 0) is 0 Å². The minimum Gasteiger partial charge on any atom is -0.456 e. The Morgan fingerprint density at radius 2 is 1.50 bits per heavy atom. The molecular weight excluding hydrogens is 311 g/mol. The molecule has 1 nitrogen and oxygen atoms in total. The van der Waals surface area contributed by atoms with Crippen molar-refractivity contribution < 1.29 is 4.74 Å². The Balaban J connectivity index is 2.26. The van der Waals surface area contributed by atoms with Gasteiger partial charge in [0.15, 0.2) is 0 Å². The molecule has 0 fully saturated rings. The van der Waals surface area contributed by atoms with Crippen LogP contribution >= 0.6 is 39.1 Å². The molecule has 0 N–H and O–H groups in total. The van der Waals surface area contributed by atoms with Crippen molar-refractivity contribution in [3.05, 3.63) is 57.0 Å². The van der Waals surface area contributed by atoms with Crippen LogP contribution in [0.3, 0.4) is 0 Å². The lowest BCUT2D eigenvalue weighted by Crippen LogP contribution is -1.85. The van der Waals surface area contributed by atoms with Gasteiger partial charge in [-0.15, -0.1) is 0 Å². The number of ether oxygens (including phenoxy) is 1. The van der Waals surface area contributed by atoms with Crippen molar-refractivity contribution in [2.45, 2.75) is 0 Å². The topological polar surface area (TPSA) is 9.23 Å². The summed E-state index contributed by atoms with van der Waals surface area (Å²) in [4.78, 5) is 0. The van der Waals surface area contributed by atoms with Crippen LogP contribution in [0.4, 0.5) is 0 Å². The van der Waals surface area contributed by atoms with Crippen LogP contribution in [-0.4, -0.2) is 0 Å². The highest BCUT2D eigenvalue weighted by Gasteiger charge is 2.03. The first-order chi connectivity index (χ1) is 7.65. The normalized spacial score (nSPS) is 10.2. The third-order valence-corrected chi connectivity index (χ3v) is 3.08. The van der Waals surface area contributed by atoms with Gasteiger partial charge in [0.05, 0.1) is 4.47 Å². The molecule has 2 aromatic rings. The van der Waals surface area contributed by atoms with E-state index in [0.717, 1.165) is 4.47 Å². The molecule has 2 rings (SSSR count). The lowest BCUT2D eigenvalue weighted by molar-refractivity contribution is 0.479. The fraction of sp³-hybridized carbons (Fsp3) is 0. The van der Waals surface area contributed by atoms with Crippen molar-refractivity contribution in [1.82, 2.24) is 0 Å². The van der Waals surface area contributed by atoms with Gasteiger partial charge in [0.25, 0.3) is 0 Å². The van der Waals surface area contributed by atoms with Crippen molar-refractivity contribution in [2.24, 2.45) is 0 Å². The summed E-state index contributed by atoms with van der Waals surface area (Å²) in [5.41, 5.74) is 0. The second-order valence-electron chi connectivity index (χ2n) is 3.13. The molecule has 0 aliphatic carbocycles. The zero-order valence-corrected chi connectivity index (χ0v) is 11.2. The highest BCUT2D eigenvalue weighted by atomic mass is 79.9. The molecule has 0 atom stereocenters. The van der Waals surface area contributed by atoms with E-state index in [1.807, 2.05) is 6.07 Å². The maximum atomic E-state index is 5.89. The molecule has 0 amide bonds. The van der Waals surface area contributed by atoms with E-state index in [0.29, 0.717) is 21.5 Å². The third-order valence-electron chi connectivity index (χ3n) is 1.93. The van der Waals surface area contributed by atoms with Gasteiger partial charge in [-0.25, -0.2) is 0 Å². The van der Waals surface area contributed by atoms with Crippen LogP contribution in [0.25, 0.3) is 0 Å². The summed E-state index contributed by atoms with van der Waals surface area (Å²) >= 11 is 15.1. The molecule has 0 spiro atoms. The molecule has 82 valence electrons. The van der Waals surface area contributed by atoms with Crippen molar-refractivity contribution in [2.75, 3.05) is 0 Å². The average molecular weight is 318 g/mol. The maximum absolute atomic E-state index is 5.89. The van der Waals surface area contributed by atoms with Gasteiger partial charge in [0.1, 0.15) is 11.5 Å². The minimum atomic E-state index is 0.632. The van der Waals surface area contributed by atoms with Crippen molar-refractivity contribution in [1.29, 1.82) is 0 Å². The van der Waals surface area contributed by atoms with Crippen LogP contribution in [0.2, 0.25) is 10.0 Å². The molecule has 2 aromatic carbocycles. The van der Waals surface area contributed by atoms with Gasteiger partial charge in [-0.2, -0.15) is 0 Å².